The van der Waals surface area contributed by atoms with Crippen LogP contribution in [0, 0.1) is 0 Å². The van der Waals surface area contributed by atoms with Crippen molar-refractivity contribution >= 4 is 43.5 Å². The standard InChI is InChI=1S/C26H36BrN3O4S/c1-18(2)28-25(32)19(3)29(16-20-8-12-22(27)13-9-20)24(31)17-30(35(7,33)34)23-14-10-21(11-15-23)26(4,5)6/h8-15,18-19H,16-17H2,1-7H3,(H,28,32)/t19-/m1/s1. The van der Waals surface area contributed by atoms with Gasteiger partial charge in [-0.1, -0.05) is 61.0 Å². The summed E-state index contributed by atoms with van der Waals surface area (Å²) in [6.45, 7) is 11.3. The Morgan fingerprint density at radius 3 is 1.97 bits per heavy atom. The third-order valence-corrected chi connectivity index (χ3v) is 7.23. The monoisotopic (exact) mass is 565 g/mol. The summed E-state index contributed by atoms with van der Waals surface area (Å²) in [6, 6.07) is 13.7. The molecule has 9 heteroatoms. The lowest BCUT2D eigenvalue weighted by Gasteiger charge is -2.32. The molecule has 7 nitrogen and oxygen atoms in total. The van der Waals surface area contributed by atoms with Gasteiger partial charge in [0.1, 0.15) is 12.6 Å². The van der Waals surface area contributed by atoms with E-state index in [1.165, 1.54) is 4.90 Å². The molecule has 1 atom stereocenters. The molecule has 2 rings (SSSR count). The number of nitrogens with zero attached hydrogens (tertiary/aromatic N) is 2. The number of carbonyl (C=O) groups excluding carboxylic acids is 2. The minimum atomic E-state index is -3.76. The van der Waals surface area contributed by atoms with Crippen molar-refractivity contribution in [2.24, 2.45) is 0 Å². The van der Waals surface area contributed by atoms with Crippen LogP contribution in [-0.2, 0) is 31.6 Å². The zero-order chi connectivity index (χ0) is 26.6. The number of hydrogen-bond donors (Lipinski definition) is 1. The van der Waals surface area contributed by atoms with Crippen molar-refractivity contribution in [3.63, 3.8) is 0 Å². The SMILES string of the molecule is CC(C)NC(=O)[C@@H](C)N(Cc1ccc(Br)cc1)C(=O)CN(c1ccc(C(C)(C)C)cc1)S(C)(=O)=O. The van der Waals surface area contributed by atoms with E-state index >= 15 is 0 Å². The molecule has 0 saturated carbocycles. The molecule has 0 aliphatic heterocycles. The molecule has 0 spiro atoms. The molecule has 0 heterocycles. The number of rotatable bonds is 9. The highest BCUT2D eigenvalue weighted by molar-refractivity contribution is 9.10. The zero-order valence-electron chi connectivity index (χ0n) is 21.5. The lowest BCUT2D eigenvalue weighted by Crippen LogP contribution is -2.52. The number of benzene rings is 2. The van der Waals surface area contributed by atoms with Crippen LogP contribution in [0.2, 0.25) is 0 Å². The maximum Gasteiger partial charge on any atom is 0.244 e. The molecule has 2 aromatic rings. The normalized spacial score (nSPS) is 12.8. The molecule has 0 radical (unpaired) electrons. The summed E-state index contributed by atoms with van der Waals surface area (Å²) in [5, 5.41) is 2.84. The average Bonchev–Trinajstić information content (AvgIpc) is 2.74. The van der Waals surface area contributed by atoms with E-state index in [0.29, 0.717) is 5.69 Å². The summed E-state index contributed by atoms with van der Waals surface area (Å²) in [5.74, 6) is -0.768. The summed E-state index contributed by atoms with van der Waals surface area (Å²) in [6.07, 6.45) is 1.08. The second kappa shape index (κ2) is 11.6. The molecule has 0 unspecified atom stereocenters. The van der Waals surface area contributed by atoms with E-state index in [1.807, 2.05) is 50.2 Å². The summed E-state index contributed by atoms with van der Waals surface area (Å²) in [7, 11) is -3.76. The van der Waals surface area contributed by atoms with E-state index in [4.69, 9.17) is 0 Å². The van der Waals surface area contributed by atoms with Gasteiger partial charge in [-0.3, -0.25) is 13.9 Å². The maximum absolute atomic E-state index is 13.5. The molecule has 1 N–H and O–H groups in total. The Labute approximate surface area is 218 Å². The molecule has 0 fully saturated rings. The van der Waals surface area contributed by atoms with Gasteiger partial charge >= 0.3 is 0 Å². The summed E-state index contributed by atoms with van der Waals surface area (Å²) >= 11 is 3.40. The number of nitrogens with one attached hydrogen (secondary N) is 1. The fraction of sp³-hybridized carbons (Fsp3) is 0.462. The van der Waals surface area contributed by atoms with E-state index in [2.05, 4.69) is 42.0 Å². The van der Waals surface area contributed by atoms with Crippen LogP contribution in [0.15, 0.2) is 53.0 Å². The number of hydrogen-bond acceptors (Lipinski definition) is 4. The maximum atomic E-state index is 13.5. The van der Waals surface area contributed by atoms with E-state index in [0.717, 1.165) is 26.2 Å². The fourth-order valence-electron chi connectivity index (χ4n) is 3.52. The molecule has 0 bridgehead atoms. The Morgan fingerprint density at radius 1 is 0.971 bits per heavy atom. The van der Waals surface area contributed by atoms with Crippen molar-refractivity contribution in [3.05, 3.63) is 64.1 Å². The molecular formula is C26H36BrN3O4S. The van der Waals surface area contributed by atoms with Crippen LogP contribution >= 0.6 is 15.9 Å². The Bertz CT molecular complexity index is 1120. The number of halogens is 1. The van der Waals surface area contributed by atoms with Gasteiger partial charge in [0.25, 0.3) is 0 Å². The van der Waals surface area contributed by atoms with Crippen LogP contribution in [0.25, 0.3) is 0 Å². The van der Waals surface area contributed by atoms with Crippen LogP contribution in [0.1, 0.15) is 52.7 Å². The van der Waals surface area contributed by atoms with E-state index in [1.54, 1.807) is 19.1 Å². The van der Waals surface area contributed by atoms with Crippen molar-refractivity contribution in [1.82, 2.24) is 10.2 Å². The van der Waals surface area contributed by atoms with Gasteiger partial charge in [-0.05, 0) is 61.6 Å². The van der Waals surface area contributed by atoms with Crippen molar-refractivity contribution < 1.29 is 18.0 Å². The molecule has 0 aliphatic carbocycles. The van der Waals surface area contributed by atoms with Crippen molar-refractivity contribution in [3.8, 4) is 0 Å². The van der Waals surface area contributed by atoms with E-state index in [-0.39, 0.29) is 23.9 Å². The lowest BCUT2D eigenvalue weighted by atomic mass is 9.87. The average molecular weight is 567 g/mol. The van der Waals surface area contributed by atoms with Gasteiger partial charge in [0.05, 0.1) is 11.9 Å². The smallest absolute Gasteiger partial charge is 0.244 e. The number of amides is 2. The fourth-order valence-corrected chi connectivity index (χ4v) is 4.63. The van der Waals surface area contributed by atoms with Gasteiger partial charge in [0.15, 0.2) is 0 Å². The highest BCUT2D eigenvalue weighted by atomic mass is 79.9. The van der Waals surface area contributed by atoms with Gasteiger partial charge in [0.2, 0.25) is 21.8 Å². The van der Waals surface area contributed by atoms with E-state index in [9.17, 15) is 18.0 Å². The number of carbonyl (C=O) groups is 2. The minimum Gasteiger partial charge on any atom is -0.352 e. The van der Waals surface area contributed by atoms with Gasteiger partial charge < -0.3 is 10.2 Å². The van der Waals surface area contributed by atoms with Crippen LogP contribution in [0.3, 0.4) is 0 Å². The topological polar surface area (TPSA) is 86.8 Å². The highest BCUT2D eigenvalue weighted by Gasteiger charge is 2.30. The molecule has 2 aromatic carbocycles. The van der Waals surface area contributed by atoms with Crippen LogP contribution in [0.4, 0.5) is 5.69 Å². The second-order valence-electron chi connectivity index (χ2n) is 10.1. The molecule has 35 heavy (non-hydrogen) atoms. The lowest BCUT2D eigenvalue weighted by molar-refractivity contribution is -0.139. The first-order chi connectivity index (χ1) is 16.1. The third kappa shape index (κ3) is 8.35. The minimum absolute atomic E-state index is 0.0923. The molecule has 0 aromatic heterocycles. The van der Waals surface area contributed by atoms with Crippen molar-refractivity contribution in [2.45, 2.75) is 65.6 Å². The number of anilines is 1. The van der Waals surface area contributed by atoms with Crippen LogP contribution in [-0.4, -0.2) is 50.0 Å². The molecule has 0 aliphatic rings. The quantitative estimate of drug-likeness (QED) is 0.486. The third-order valence-electron chi connectivity index (χ3n) is 5.56. The van der Waals surface area contributed by atoms with Crippen molar-refractivity contribution in [2.75, 3.05) is 17.1 Å². The summed E-state index contributed by atoms with van der Waals surface area (Å²) in [5.41, 5.74) is 2.19. The Kier molecular flexibility index (Phi) is 9.53. The first-order valence-corrected chi connectivity index (χ1v) is 14.2. The first-order valence-electron chi connectivity index (χ1n) is 11.5. The largest absolute Gasteiger partial charge is 0.352 e. The van der Waals surface area contributed by atoms with Gasteiger partial charge in [0, 0.05) is 17.1 Å². The first kappa shape index (κ1) is 28.8. The van der Waals surface area contributed by atoms with Crippen molar-refractivity contribution in [1.29, 1.82) is 0 Å². The highest BCUT2D eigenvalue weighted by Crippen LogP contribution is 2.26. The predicted molar refractivity (Wildman–Crippen MR) is 145 cm³/mol. The summed E-state index contributed by atoms with van der Waals surface area (Å²) < 4.78 is 27.4. The Hall–Kier alpha value is -2.39. The summed E-state index contributed by atoms with van der Waals surface area (Å²) in [4.78, 5) is 27.7. The van der Waals surface area contributed by atoms with Gasteiger partial charge in [-0.15, -0.1) is 0 Å². The van der Waals surface area contributed by atoms with E-state index < -0.39 is 28.5 Å². The zero-order valence-corrected chi connectivity index (χ0v) is 23.9. The van der Waals surface area contributed by atoms with Gasteiger partial charge in [-0.2, -0.15) is 0 Å². The Morgan fingerprint density at radius 2 is 1.51 bits per heavy atom. The van der Waals surface area contributed by atoms with Gasteiger partial charge in [-0.25, -0.2) is 8.42 Å². The molecular weight excluding hydrogens is 530 g/mol. The number of sulfonamides is 1. The predicted octanol–water partition coefficient (Wildman–Crippen LogP) is 4.45. The molecule has 192 valence electrons. The van der Waals surface area contributed by atoms with Crippen LogP contribution in [0.5, 0.6) is 0 Å². The molecule has 2 amide bonds. The molecule has 0 saturated heterocycles. The Balaban J connectivity index is 2.39. The van der Waals surface area contributed by atoms with Crippen LogP contribution < -0.4 is 9.62 Å². The second-order valence-corrected chi connectivity index (χ2v) is 12.9.